The zero-order valence-corrected chi connectivity index (χ0v) is 7.90. The first kappa shape index (κ1) is 10.8. The van der Waals surface area contributed by atoms with Gasteiger partial charge in [-0.2, -0.15) is 12.6 Å². The van der Waals surface area contributed by atoms with Gasteiger partial charge in [-0.15, -0.1) is 0 Å². The smallest absolute Gasteiger partial charge is 0.237 e. The molecule has 0 aliphatic heterocycles. The number of thiol groups is 1. The highest BCUT2D eigenvalue weighted by atomic mass is 32.1. The van der Waals surface area contributed by atoms with Crippen LogP contribution in [-0.2, 0) is 4.79 Å². The highest BCUT2D eigenvalue weighted by Crippen LogP contribution is 2.04. The van der Waals surface area contributed by atoms with Crippen LogP contribution in [0.1, 0.15) is 20.3 Å². The Bertz CT molecular complexity index is 130. The summed E-state index contributed by atoms with van der Waals surface area (Å²) in [7, 11) is 0. The number of hydrogen-bond acceptors (Lipinski definition) is 3. The monoisotopic (exact) mass is 176 g/mol. The van der Waals surface area contributed by atoms with Gasteiger partial charge in [0.05, 0.1) is 11.9 Å². The fourth-order valence-corrected chi connectivity index (χ4v) is 0.864. The molecule has 0 aromatic heterocycles. The van der Waals surface area contributed by atoms with Gasteiger partial charge in [0.25, 0.3) is 0 Å². The van der Waals surface area contributed by atoms with Crippen LogP contribution >= 0.6 is 12.6 Å². The Morgan fingerprint density at radius 3 is 2.64 bits per heavy atom. The van der Waals surface area contributed by atoms with Crippen LogP contribution < -0.4 is 11.1 Å². The molecule has 0 aliphatic carbocycles. The molecule has 11 heavy (non-hydrogen) atoms. The van der Waals surface area contributed by atoms with Crippen molar-refractivity contribution in [3.05, 3.63) is 0 Å². The normalized spacial score (nSPS) is 15.6. The van der Waals surface area contributed by atoms with E-state index in [-0.39, 0.29) is 11.8 Å². The van der Waals surface area contributed by atoms with Crippen LogP contribution in [0.2, 0.25) is 0 Å². The molecule has 3 N–H and O–H groups in total. The van der Waals surface area contributed by atoms with Crippen molar-refractivity contribution in [3.63, 3.8) is 0 Å². The first-order chi connectivity index (χ1) is 5.13. The van der Waals surface area contributed by atoms with Crippen molar-refractivity contribution in [1.29, 1.82) is 0 Å². The zero-order chi connectivity index (χ0) is 8.85. The molecule has 0 bridgehead atoms. The van der Waals surface area contributed by atoms with Gasteiger partial charge in [0, 0.05) is 0 Å². The molecule has 0 heterocycles. The molecule has 0 aromatic carbocycles. The van der Waals surface area contributed by atoms with Crippen molar-refractivity contribution in [1.82, 2.24) is 5.32 Å². The van der Waals surface area contributed by atoms with Crippen molar-refractivity contribution >= 4 is 18.5 Å². The summed E-state index contributed by atoms with van der Waals surface area (Å²) in [6, 6.07) is -0.396. The molecule has 0 fully saturated rings. The minimum atomic E-state index is -0.396. The van der Waals surface area contributed by atoms with Crippen LogP contribution in [-0.4, -0.2) is 17.8 Å². The lowest BCUT2D eigenvalue weighted by Gasteiger charge is -2.16. The third kappa shape index (κ3) is 3.62. The van der Waals surface area contributed by atoms with Crippen LogP contribution in [0.3, 0.4) is 0 Å². The minimum absolute atomic E-state index is 0.116. The largest absolute Gasteiger partial charge is 0.346 e. The minimum Gasteiger partial charge on any atom is -0.346 e. The predicted octanol–water partition coefficient (Wildman–Crippen LogP) is 0.363. The second kappa shape index (κ2) is 5.43. The van der Waals surface area contributed by atoms with E-state index in [4.69, 9.17) is 5.73 Å². The summed E-state index contributed by atoms with van der Waals surface area (Å²) in [5.74, 6) is 0.465. The number of nitrogens with one attached hydrogen (secondary N) is 1. The summed E-state index contributed by atoms with van der Waals surface area (Å²) in [6.07, 6.45) is 0.918. The van der Waals surface area contributed by atoms with Gasteiger partial charge in [0.15, 0.2) is 0 Å². The summed E-state index contributed by atoms with van der Waals surface area (Å²) in [6.45, 7) is 3.97. The molecule has 0 spiro atoms. The van der Waals surface area contributed by atoms with Crippen molar-refractivity contribution in [2.45, 2.75) is 26.3 Å². The summed E-state index contributed by atoms with van der Waals surface area (Å²) in [4.78, 5) is 11.1. The number of rotatable bonds is 4. The maximum absolute atomic E-state index is 11.1. The highest BCUT2D eigenvalue weighted by Gasteiger charge is 2.17. The summed E-state index contributed by atoms with van der Waals surface area (Å²) in [5.41, 5.74) is 5.61. The van der Waals surface area contributed by atoms with E-state index in [1.165, 1.54) is 0 Å². The maximum Gasteiger partial charge on any atom is 0.237 e. The number of carbonyl (C=O) groups is 1. The molecule has 0 rings (SSSR count). The Kier molecular flexibility index (Phi) is 5.32. The summed E-state index contributed by atoms with van der Waals surface area (Å²) >= 11 is 3.86. The van der Waals surface area contributed by atoms with Gasteiger partial charge < -0.3 is 11.1 Å². The predicted molar refractivity (Wildman–Crippen MR) is 49.4 cm³/mol. The molecular weight excluding hydrogens is 160 g/mol. The van der Waals surface area contributed by atoms with Gasteiger partial charge in [-0.05, 0) is 5.92 Å². The average Bonchev–Trinajstić information content (AvgIpc) is 2.02. The average molecular weight is 176 g/mol. The Morgan fingerprint density at radius 1 is 1.73 bits per heavy atom. The molecule has 3 nitrogen and oxygen atoms in total. The Hall–Kier alpha value is -0.220. The topological polar surface area (TPSA) is 55.1 Å². The molecule has 0 aromatic rings. The molecular formula is C7H16N2OS. The third-order valence-corrected chi connectivity index (χ3v) is 1.97. The van der Waals surface area contributed by atoms with E-state index < -0.39 is 6.04 Å². The molecule has 0 radical (unpaired) electrons. The first-order valence-electron chi connectivity index (χ1n) is 3.77. The van der Waals surface area contributed by atoms with Gasteiger partial charge in [0.1, 0.15) is 0 Å². The van der Waals surface area contributed by atoms with Gasteiger partial charge in [0.2, 0.25) is 5.91 Å². The molecule has 2 atom stereocenters. The molecule has 0 unspecified atom stereocenters. The molecule has 1 amide bonds. The molecule has 4 heteroatoms. The van der Waals surface area contributed by atoms with E-state index >= 15 is 0 Å². The van der Waals surface area contributed by atoms with Crippen molar-refractivity contribution < 1.29 is 4.79 Å². The van der Waals surface area contributed by atoms with E-state index in [9.17, 15) is 4.79 Å². The van der Waals surface area contributed by atoms with E-state index in [1.807, 2.05) is 13.8 Å². The second-order valence-corrected chi connectivity index (χ2v) is 2.93. The van der Waals surface area contributed by atoms with Gasteiger partial charge in [-0.3, -0.25) is 4.79 Å². The number of hydrogen-bond donors (Lipinski definition) is 3. The maximum atomic E-state index is 11.1. The van der Waals surface area contributed by atoms with Crippen LogP contribution in [0, 0.1) is 5.92 Å². The third-order valence-electron chi connectivity index (χ3n) is 1.81. The Balaban J connectivity index is 3.80. The van der Waals surface area contributed by atoms with Crippen LogP contribution in [0.25, 0.3) is 0 Å². The lowest BCUT2D eigenvalue weighted by atomic mass is 10.00. The van der Waals surface area contributed by atoms with E-state index in [2.05, 4.69) is 17.9 Å². The van der Waals surface area contributed by atoms with E-state index in [1.54, 1.807) is 0 Å². The Morgan fingerprint density at radius 2 is 2.27 bits per heavy atom. The standard InChI is InChI=1S/C7H16N2OS/c1-3-5(2)6(8)7(10)9-4-11/h5-6,11H,3-4,8H2,1-2H3,(H,9,10)/t5-,6-/m0/s1. The lowest BCUT2D eigenvalue weighted by molar-refractivity contribution is -0.123. The highest BCUT2D eigenvalue weighted by molar-refractivity contribution is 7.80. The number of amides is 1. The van der Waals surface area contributed by atoms with Crippen LogP contribution in [0.15, 0.2) is 0 Å². The van der Waals surface area contributed by atoms with Gasteiger partial charge >= 0.3 is 0 Å². The van der Waals surface area contributed by atoms with E-state index in [0.29, 0.717) is 5.88 Å². The van der Waals surface area contributed by atoms with Crippen molar-refractivity contribution in [2.75, 3.05) is 5.88 Å². The van der Waals surface area contributed by atoms with Crippen LogP contribution in [0.5, 0.6) is 0 Å². The Labute approximate surface area is 73.1 Å². The van der Waals surface area contributed by atoms with E-state index in [0.717, 1.165) is 6.42 Å². The van der Waals surface area contributed by atoms with Crippen molar-refractivity contribution in [2.24, 2.45) is 11.7 Å². The van der Waals surface area contributed by atoms with Crippen LogP contribution in [0.4, 0.5) is 0 Å². The zero-order valence-electron chi connectivity index (χ0n) is 7.00. The first-order valence-corrected chi connectivity index (χ1v) is 4.40. The SMILES string of the molecule is CC[C@H](C)[C@H](N)C(=O)NCS. The lowest BCUT2D eigenvalue weighted by Crippen LogP contribution is -2.44. The molecule has 0 saturated heterocycles. The van der Waals surface area contributed by atoms with Gasteiger partial charge in [-0.1, -0.05) is 20.3 Å². The number of carbonyl (C=O) groups excluding carboxylic acids is 1. The summed E-state index contributed by atoms with van der Waals surface area (Å²) < 4.78 is 0. The molecule has 0 saturated carbocycles. The van der Waals surface area contributed by atoms with Crippen molar-refractivity contribution in [3.8, 4) is 0 Å². The quantitative estimate of drug-likeness (QED) is 0.428. The molecule has 66 valence electrons. The number of nitrogens with two attached hydrogens (primary N) is 1. The second-order valence-electron chi connectivity index (χ2n) is 2.61. The summed E-state index contributed by atoms with van der Waals surface area (Å²) in [5, 5.41) is 2.56. The fraction of sp³-hybridized carbons (Fsp3) is 0.857. The van der Waals surface area contributed by atoms with Gasteiger partial charge in [-0.25, -0.2) is 0 Å². The molecule has 0 aliphatic rings. The fourth-order valence-electron chi connectivity index (χ4n) is 0.708.